The molecule has 0 heterocycles. The highest BCUT2D eigenvalue weighted by Crippen LogP contribution is 2.13. The van der Waals surface area contributed by atoms with Crippen molar-refractivity contribution in [2.24, 2.45) is 0 Å². The zero-order valence-electron chi connectivity index (χ0n) is 40.9. The second-order valence-electron chi connectivity index (χ2n) is 15.9. The summed E-state index contributed by atoms with van der Waals surface area (Å²) in [6, 6.07) is 0. The van der Waals surface area contributed by atoms with Gasteiger partial charge in [-0.25, -0.2) is 0 Å². The first-order chi connectivity index (χ1) is 32.0. The Morgan fingerprint density at radius 3 is 1.06 bits per heavy atom. The summed E-state index contributed by atoms with van der Waals surface area (Å²) in [5, 5.41) is 0. The van der Waals surface area contributed by atoms with Crippen LogP contribution in [0, 0.1) is 0 Å². The van der Waals surface area contributed by atoms with E-state index in [-0.39, 0.29) is 50.4 Å². The maximum Gasteiger partial charge on any atom is 0.306 e. The zero-order chi connectivity index (χ0) is 47.2. The Morgan fingerprint density at radius 2 is 0.631 bits per heavy atom. The fraction of sp³-hybridized carbons (Fsp3) is 0.508. The number of ether oxygens (including phenoxy) is 3. The second kappa shape index (κ2) is 51.7. The Labute approximate surface area is 397 Å². The van der Waals surface area contributed by atoms with E-state index in [0.717, 1.165) is 57.8 Å². The molecule has 0 aromatic heterocycles. The number of hydrogen-bond donors (Lipinski definition) is 0. The lowest BCUT2D eigenvalue weighted by atomic mass is 10.1. The highest BCUT2D eigenvalue weighted by molar-refractivity contribution is 5.71. The van der Waals surface area contributed by atoms with Crippen LogP contribution in [0.4, 0.5) is 0 Å². The molecule has 0 rings (SSSR count). The summed E-state index contributed by atoms with van der Waals surface area (Å²) in [6.07, 6.45) is 75.1. The molecule has 6 nitrogen and oxygen atoms in total. The van der Waals surface area contributed by atoms with Crippen LogP contribution in [0.2, 0.25) is 0 Å². The molecule has 0 saturated heterocycles. The first kappa shape index (κ1) is 60.0. The van der Waals surface area contributed by atoms with Crippen molar-refractivity contribution < 1.29 is 28.6 Å². The predicted octanol–water partition coefficient (Wildman–Crippen LogP) is 16.6. The molecular formula is C59H88O6. The van der Waals surface area contributed by atoms with Gasteiger partial charge in [0, 0.05) is 19.3 Å². The highest BCUT2D eigenvalue weighted by atomic mass is 16.6. The van der Waals surface area contributed by atoms with Crippen LogP contribution in [0.1, 0.15) is 175 Å². The summed E-state index contributed by atoms with van der Waals surface area (Å²) in [7, 11) is 0. The number of unbranched alkanes of at least 4 members (excludes halogenated alkanes) is 15. The summed E-state index contributed by atoms with van der Waals surface area (Å²) >= 11 is 0. The van der Waals surface area contributed by atoms with Crippen molar-refractivity contribution in [1.29, 1.82) is 0 Å². The van der Waals surface area contributed by atoms with Gasteiger partial charge in [-0.15, -0.1) is 0 Å². The van der Waals surface area contributed by atoms with E-state index in [0.29, 0.717) is 12.8 Å². The van der Waals surface area contributed by atoms with Crippen molar-refractivity contribution in [2.75, 3.05) is 13.2 Å². The molecule has 360 valence electrons. The molecule has 0 bridgehead atoms. The maximum atomic E-state index is 12.8. The predicted molar refractivity (Wildman–Crippen MR) is 278 cm³/mol. The first-order valence-electron chi connectivity index (χ1n) is 25.2. The van der Waals surface area contributed by atoms with Crippen LogP contribution in [0.3, 0.4) is 0 Å². The molecule has 0 N–H and O–H groups in total. The number of rotatable bonds is 42. The van der Waals surface area contributed by atoms with E-state index in [1.807, 2.05) is 128 Å². The van der Waals surface area contributed by atoms with Crippen molar-refractivity contribution in [2.45, 2.75) is 181 Å². The van der Waals surface area contributed by atoms with E-state index in [1.165, 1.54) is 64.2 Å². The molecule has 65 heavy (non-hydrogen) atoms. The molecule has 0 aromatic rings. The molecular weight excluding hydrogens is 805 g/mol. The smallest absolute Gasteiger partial charge is 0.306 e. The quantitative estimate of drug-likeness (QED) is 0.0200. The van der Waals surface area contributed by atoms with Gasteiger partial charge in [0.25, 0.3) is 0 Å². The van der Waals surface area contributed by atoms with E-state index in [2.05, 4.69) is 51.2 Å². The Bertz CT molecular complexity index is 1540. The third kappa shape index (κ3) is 49.9. The van der Waals surface area contributed by atoms with E-state index in [4.69, 9.17) is 14.2 Å². The lowest BCUT2D eigenvalue weighted by Crippen LogP contribution is -2.30. The molecule has 6 heteroatoms. The molecule has 0 amide bonds. The van der Waals surface area contributed by atoms with Gasteiger partial charge >= 0.3 is 17.9 Å². The van der Waals surface area contributed by atoms with Crippen LogP contribution in [0.15, 0.2) is 158 Å². The third-order valence-electron chi connectivity index (χ3n) is 9.82. The first-order valence-corrected chi connectivity index (χ1v) is 25.2. The van der Waals surface area contributed by atoms with Gasteiger partial charge in [-0.2, -0.15) is 0 Å². The van der Waals surface area contributed by atoms with Crippen molar-refractivity contribution in [3.63, 3.8) is 0 Å². The minimum Gasteiger partial charge on any atom is -0.462 e. The Hall–Kier alpha value is -4.97. The number of hydrogen-bond acceptors (Lipinski definition) is 6. The number of allylic oxidation sites excluding steroid dienone is 26. The van der Waals surface area contributed by atoms with Crippen LogP contribution in [-0.4, -0.2) is 37.2 Å². The molecule has 0 fully saturated rings. The fourth-order valence-electron chi connectivity index (χ4n) is 6.10. The van der Waals surface area contributed by atoms with Crippen molar-refractivity contribution >= 4 is 17.9 Å². The lowest BCUT2D eigenvalue weighted by Gasteiger charge is -2.18. The Balaban J connectivity index is 4.62. The monoisotopic (exact) mass is 893 g/mol. The normalized spacial score (nSPS) is 13.5. The maximum absolute atomic E-state index is 12.8. The van der Waals surface area contributed by atoms with Crippen molar-refractivity contribution in [3.8, 4) is 0 Å². The van der Waals surface area contributed by atoms with Gasteiger partial charge in [0.2, 0.25) is 0 Å². The molecule has 0 radical (unpaired) electrons. The van der Waals surface area contributed by atoms with Crippen LogP contribution in [0.25, 0.3) is 0 Å². The Morgan fingerprint density at radius 1 is 0.323 bits per heavy atom. The summed E-state index contributed by atoms with van der Waals surface area (Å²) in [5.74, 6) is -1.07. The molecule has 0 aromatic carbocycles. The summed E-state index contributed by atoms with van der Waals surface area (Å²) in [6.45, 7) is 6.19. The van der Waals surface area contributed by atoms with Crippen LogP contribution in [-0.2, 0) is 28.6 Å². The molecule has 0 saturated carbocycles. The third-order valence-corrected chi connectivity index (χ3v) is 9.82. The van der Waals surface area contributed by atoms with Crippen molar-refractivity contribution in [1.82, 2.24) is 0 Å². The minimum absolute atomic E-state index is 0.134. The van der Waals surface area contributed by atoms with Gasteiger partial charge in [0.1, 0.15) is 13.2 Å². The van der Waals surface area contributed by atoms with Gasteiger partial charge < -0.3 is 14.2 Å². The average Bonchev–Trinajstić information content (AvgIpc) is 3.30. The fourth-order valence-corrected chi connectivity index (χ4v) is 6.10. The minimum atomic E-state index is -0.835. The molecule has 0 spiro atoms. The number of carbonyl (C=O) groups is 3. The van der Waals surface area contributed by atoms with E-state index < -0.39 is 6.10 Å². The molecule has 0 aliphatic heterocycles. The lowest BCUT2D eigenvalue weighted by molar-refractivity contribution is -0.167. The van der Waals surface area contributed by atoms with E-state index in [9.17, 15) is 14.4 Å². The topological polar surface area (TPSA) is 78.9 Å². The number of esters is 3. The SMILES string of the molecule is CC\C=C/C=C\C=C/C=C\C=C/CCCC(=O)OCC(COC(=O)CCCCC\C=C/C=C\C=C\C=C/C=C\C=C/C=C\CC)OC(=O)CCCCCCCCC/C=C\CCCCCC. The Kier molecular flexibility index (Phi) is 47.7. The second-order valence-corrected chi connectivity index (χ2v) is 15.9. The van der Waals surface area contributed by atoms with Crippen LogP contribution in [0.5, 0.6) is 0 Å². The zero-order valence-corrected chi connectivity index (χ0v) is 40.9. The highest BCUT2D eigenvalue weighted by Gasteiger charge is 2.19. The van der Waals surface area contributed by atoms with Gasteiger partial charge in [-0.3, -0.25) is 14.4 Å². The largest absolute Gasteiger partial charge is 0.462 e. The summed E-state index contributed by atoms with van der Waals surface area (Å²) < 4.78 is 16.7. The summed E-state index contributed by atoms with van der Waals surface area (Å²) in [5.41, 5.74) is 0. The molecule has 1 unspecified atom stereocenters. The average molecular weight is 893 g/mol. The van der Waals surface area contributed by atoms with E-state index in [1.54, 1.807) is 0 Å². The van der Waals surface area contributed by atoms with E-state index >= 15 is 0 Å². The van der Waals surface area contributed by atoms with Gasteiger partial charge in [-0.05, 0) is 77.0 Å². The van der Waals surface area contributed by atoms with Gasteiger partial charge in [0.15, 0.2) is 6.10 Å². The molecule has 0 aliphatic carbocycles. The molecule has 1 atom stereocenters. The van der Waals surface area contributed by atoms with Gasteiger partial charge in [0.05, 0.1) is 0 Å². The van der Waals surface area contributed by atoms with Crippen LogP contribution >= 0.6 is 0 Å². The molecule has 0 aliphatic rings. The summed E-state index contributed by atoms with van der Waals surface area (Å²) in [4.78, 5) is 37.9. The van der Waals surface area contributed by atoms with Crippen LogP contribution < -0.4 is 0 Å². The van der Waals surface area contributed by atoms with Gasteiger partial charge in [-0.1, -0.05) is 237 Å². The standard InChI is InChI=1S/C59H88O6/c1-4-7-10-13-16-19-22-25-27-28-29-30-32-34-37-40-43-46-49-52-58(61)64-55-56(54-63-57(60)51-48-45-42-39-36-33-24-21-18-15-12-9-6-3)65-59(62)53-50-47-44-41-38-35-31-26-23-20-17-14-11-8-5-2/h7,9-10,12-13,15-16,18-25,27-30,32-34,36-37,39,42,56H,4-6,8,11,14,17,26,31,35,38,40-41,43-55H2,1-3H3/b10-7-,12-9-,16-13-,18-15-,22-19-,23-20-,24-21-,27-25-,29-28+,32-30-,36-33-,37-34-,42-39-. The van der Waals surface area contributed by atoms with Crippen molar-refractivity contribution in [3.05, 3.63) is 158 Å². The number of carbonyl (C=O) groups excluding carboxylic acids is 3.